The minimum absolute atomic E-state index is 0.0857. The molecule has 26 heavy (non-hydrogen) atoms. The molecule has 1 aromatic rings. The molecule has 4 rings (SSSR count). The lowest BCUT2D eigenvalue weighted by Gasteiger charge is -2.20. The van der Waals surface area contributed by atoms with Crippen molar-refractivity contribution in [3.8, 4) is 11.5 Å². The number of nitrogens with zero attached hydrogens (tertiary/aromatic N) is 1. The Labute approximate surface area is 146 Å². The van der Waals surface area contributed by atoms with Gasteiger partial charge in [-0.25, -0.2) is 4.79 Å². The Hall–Kier alpha value is -2.91. The first-order valence-electron chi connectivity index (χ1n) is 8.02. The second-order valence-corrected chi connectivity index (χ2v) is 6.68. The summed E-state index contributed by atoms with van der Waals surface area (Å²) in [4.78, 5) is 37.5. The fourth-order valence-electron chi connectivity index (χ4n) is 3.17. The molecule has 10 heteroatoms. The average Bonchev–Trinajstić information content (AvgIpc) is 3.31. The Morgan fingerprint density at radius 3 is 2.69 bits per heavy atom. The Bertz CT molecular complexity index is 826. The molecule has 2 fully saturated rings. The number of alkyl halides is 2. The number of imide groups is 1. The molecule has 3 aliphatic rings. The number of hydrogen-bond acceptors (Lipinski definition) is 5. The molecule has 138 valence electrons. The van der Waals surface area contributed by atoms with Crippen molar-refractivity contribution in [2.45, 2.75) is 31.6 Å². The molecule has 2 aliphatic heterocycles. The van der Waals surface area contributed by atoms with Gasteiger partial charge in [-0.1, -0.05) is 0 Å². The maximum absolute atomic E-state index is 13.0. The lowest BCUT2D eigenvalue weighted by Crippen LogP contribution is -2.46. The number of benzene rings is 1. The summed E-state index contributed by atoms with van der Waals surface area (Å²) < 4.78 is 34.6. The number of nitrogens with one attached hydrogen (secondary N) is 2. The van der Waals surface area contributed by atoms with E-state index in [9.17, 15) is 23.2 Å². The molecule has 8 nitrogen and oxygen atoms in total. The highest BCUT2D eigenvalue weighted by Gasteiger charge is 2.56. The molecular weight excluding hydrogens is 352 g/mol. The van der Waals surface area contributed by atoms with Crippen molar-refractivity contribution >= 4 is 23.5 Å². The van der Waals surface area contributed by atoms with Gasteiger partial charge in [-0.05, 0) is 37.8 Å². The molecular formula is C16H15F2N3O5. The van der Waals surface area contributed by atoms with Crippen LogP contribution in [0.2, 0.25) is 0 Å². The first-order valence-corrected chi connectivity index (χ1v) is 8.02. The van der Waals surface area contributed by atoms with E-state index in [2.05, 4.69) is 20.1 Å². The van der Waals surface area contributed by atoms with Gasteiger partial charge in [0.05, 0.1) is 0 Å². The quantitative estimate of drug-likeness (QED) is 0.789. The van der Waals surface area contributed by atoms with Crippen LogP contribution < -0.4 is 20.1 Å². The van der Waals surface area contributed by atoms with Crippen LogP contribution in [0, 0.1) is 5.92 Å². The summed E-state index contributed by atoms with van der Waals surface area (Å²) in [6.07, 6.45) is -2.05. The van der Waals surface area contributed by atoms with Gasteiger partial charge in [0.15, 0.2) is 11.5 Å². The van der Waals surface area contributed by atoms with E-state index in [-0.39, 0.29) is 23.1 Å². The Morgan fingerprint density at radius 1 is 1.31 bits per heavy atom. The van der Waals surface area contributed by atoms with Crippen molar-refractivity contribution in [2.24, 2.45) is 5.92 Å². The van der Waals surface area contributed by atoms with Crippen molar-refractivity contribution in [1.82, 2.24) is 10.2 Å². The molecule has 0 aromatic heterocycles. The zero-order valence-electron chi connectivity index (χ0n) is 13.7. The van der Waals surface area contributed by atoms with E-state index >= 15 is 0 Å². The van der Waals surface area contributed by atoms with E-state index in [0.717, 1.165) is 17.7 Å². The van der Waals surface area contributed by atoms with Gasteiger partial charge in [0, 0.05) is 11.8 Å². The van der Waals surface area contributed by atoms with Gasteiger partial charge in [0.2, 0.25) is 5.91 Å². The zero-order chi connectivity index (χ0) is 18.7. The Kier molecular flexibility index (Phi) is 3.37. The number of urea groups is 1. The van der Waals surface area contributed by atoms with Crippen LogP contribution >= 0.6 is 0 Å². The normalized spacial score (nSPS) is 26.0. The van der Waals surface area contributed by atoms with Crippen LogP contribution in [-0.4, -0.2) is 41.1 Å². The molecule has 0 radical (unpaired) electrons. The highest BCUT2D eigenvalue weighted by Crippen LogP contribution is 2.43. The van der Waals surface area contributed by atoms with E-state index < -0.39 is 36.2 Å². The summed E-state index contributed by atoms with van der Waals surface area (Å²) in [5.41, 5.74) is -0.797. The number of ether oxygens (including phenoxy) is 2. The molecule has 0 spiro atoms. The number of fused-ring (bicyclic) bond motifs is 1. The summed E-state index contributed by atoms with van der Waals surface area (Å²) in [7, 11) is 0. The van der Waals surface area contributed by atoms with E-state index in [0.29, 0.717) is 0 Å². The molecule has 1 aliphatic carbocycles. The van der Waals surface area contributed by atoms with Gasteiger partial charge in [-0.3, -0.25) is 14.5 Å². The molecule has 1 saturated heterocycles. The predicted molar refractivity (Wildman–Crippen MR) is 82.6 cm³/mol. The number of amides is 4. The number of rotatable bonds is 4. The summed E-state index contributed by atoms with van der Waals surface area (Å²) in [6.45, 7) is 1.18. The number of hydrogen-bond donors (Lipinski definition) is 2. The first kappa shape index (κ1) is 16.6. The summed E-state index contributed by atoms with van der Waals surface area (Å²) >= 11 is 0. The lowest BCUT2D eigenvalue weighted by atomic mass is 9.96. The van der Waals surface area contributed by atoms with Gasteiger partial charge in [-0.2, -0.15) is 0 Å². The third-order valence-electron chi connectivity index (χ3n) is 4.68. The van der Waals surface area contributed by atoms with Gasteiger partial charge in [0.25, 0.3) is 5.91 Å². The van der Waals surface area contributed by atoms with Crippen molar-refractivity contribution < 1.29 is 32.6 Å². The van der Waals surface area contributed by atoms with Crippen molar-refractivity contribution in [3.63, 3.8) is 0 Å². The minimum Gasteiger partial charge on any atom is -0.395 e. The van der Waals surface area contributed by atoms with Crippen LogP contribution in [-0.2, 0) is 9.59 Å². The summed E-state index contributed by atoms with van der Waals surface area (Å²) in [6, 6.07) is 3.13. The molecule has 2 N–H and O–H groups in total. The largest absolute Gasteiger partial charge is 0.586 e. The lowest BCUT2D eigenvalue weighted by molar-refractivity contribution is -0.286. The SMILES string of the molecule is CC1(C2CC2)NC(=O)N(CC(=O)Nc2ccc3c(c2)OC(F)(F)O3)C1=O. The number of halogens is 2. The molecule has 2 heterocycles. The predicted octanol–water partition coefficient (Wildman–Crippen LogP) is 1.67. The molecule has 0 bridgehead atoms. The second kappa shape index (κ2) is 5.29. The standard InChI is InChI=1S/C16H15F2N3O5/c1-15(8-2-3-8)13(23)21(14(24)20-15)7-12(22)19-9-4-5-10-11(6-9)26-16(17,18)25-10/h4-6,8H,2-3,7H2,1H3,(H,19,22)(H,20,24). The second-order valence-electron chi connectivity index (χ2n) is 6.68. The fraction of sp³-hybridized carbons (Fsp3) is 0.438. The van der Waals surface area contributed by atoms with Gasteiger partial charge in [0.1, 0.15) is 12.1 Å². The van der Waals surface area contributed by atoms with Crippen molar-refractivity contribution in [3.05, 3.63) is 18.2 Å². The van der Waals surface area contributed by atoms with Gasteiger partial charge in [-0.15, -0.1) is 8.78 Å². The summed E-state index contributed by atoms with van der Waals surface area (Å²) in [5, 5.41) is 5.09. The molecule has 1 aromatic carbocycles. The van der Waals surface area contributed by atoms with Crippen molar-refractivity contribution in [2.75, 3.05) is 11.9 Å². The Balaban J connectivity index is 1.42. The monoisotopic (exact) mass is 367 g/mol. The van der Waals surface area contributed by atoms with Crippen LogP contribution in [0.1, 0.15) is 19.8 Å². The van der Waals surface area contributed by atoms with E-state index in [1.165, 1.54) is 18.2 Å². The van der Waals surface area contributed by atoms with Crippen LogP contribution in [0.25, 0.3) is 0 Å². The maximum Gasteiger partial charge on any atom is 0.586 e. The van der Waals surface area contributed by atoms with E-state index in [1.807, 2.05) is 0 Å². The number of carbonyl (C=O) groups excluding carboxylic acids is 3. The number of anilines is 1. The third-order valence-corrected chi connectivity index (χ3v) is 4.68. The first-order chi connectivity index (χ1) is 12.2. The van der Waals surface area contributed by atoms with Crippen LogP contribution in [0.5, 0.6) is 11.5 Å². The van der Waals surface area contributed by atoms with Crippen LogP contribution in [0.3, 0.4) is 0 Å². The van der Waals surface area contributed by atoms with Crippen LogP contribution in [0.15, 0.2) is 18.2 Å². The van der Waals surface area contributed by atoms with E-state index in [1.54, 1.807) is 6.92 Å². The smallest absolute Gasteiger partial charge is 0.395 e. The molecule has 1 atom stereocenters. The molecule has 1 saturated carbocycles. The highest BCUT2D eigenvalue weighted by molar-refractivity contribution is 6.10. The third kappa shape index (κ3) is 2.71. The van der Waals surface area contributed by atoms with E-state index in [4.69, 9.17) is 0 Å². The number of carbonyl (C=O) groups is 3. The average molecular weight is 367 g/mol. The highest BCUT2D eigenvalue weighted by atomic mass is 19.3. The Morgan fingerprint density at radius 2 is 2.00 bits per heavy atom. The zero-order valence-corrected chi connectivity index (χ0v) is 13.7. The van der Waals surface area contributed by atoms with Gasteiger partial charge >= 0.3 is 12.3 Å². The van der Waals surface area contributed by atoms with Gasteiger partial charge < -0.3 is 20.1 Å². The molecule has 1 unspecified atom stereocenters. The minimum atomic E-state index is -3.75. The molecule has 4 amide bonds. The topological polar surface area (TPSA) is 97.0 Å². The van der Waals surface area contributed by atoms with Crippen LogP contribution in [0.4, 0.5) is 19.3 Å². The summed E-state index contributed by atoms with van der Waals surface area (Å²) in [5.74, 6) is -1.36. The maximum atomic E-state index is 13.0. The fourth-order valence-corrected chi connectivity index (χ4v) is 3.17. The van der Waals surface area contributed by atoms with Crippen molar-refractivity contribution in [1.29, 1.82) is 0 Å².